The van der Waals surface area contributed by atoms with Gasteiger partial charge in [0.25, 0.3) is 0 Å². The average Bonchev–Trinajstić information content (AvgIpc) is 2.79. The Morgan fingerprint density at radius 3 is 2.19 bits per heavy atom. The molecule has 3 aromatic rings. The Labute approximate surface area is 194 Å². The summed E-state index contributed by atoms with van der Waals surface area (Å²) in [5.74, 6) is 1.57. The molecule has 1 heteroatoms. The molecular weight excluding hydrogens is 388 g/mol. The molecule has 0 aliphatic carbocycles. The molecule has 0 atom stereocenters. The monoisotopic (exact) mass is 426 g/mol. The van der Waals surface area contributed by atoms with Crippen LogP contribution in [-0.2, 0) is 19.3 Å². The highest BCUT2D eigenvalue weighted by molar-refractivity contribution is 5.46. The quantitative estimate of drug-likeness (QED) is 0.401. The van der Waals surface area contributed by atoms with Crippen molar-refractivity contribution in [3.05, 3.63) is 112 Å². The van der Waals surface area contributed by atoms with Gasteiger partial charge in [0.05, 0.1) is 7.11 Å². The van der Waals surface area contributed by atoms with E-state index in [1.54, 1.807) is 7.11 Å². The zero-order valence-electron chi connectivity index (χ0n) is 20.4. The molecule has 0 saturated heterocycles. The smallest absolute Gasteiger partial charge is 0.122 e. The fourth-order valence-corrected chi connectivity index (χ4v) is 4.03. The number of allylic oxidation sites excluding steroid dienone is 1. The van der Waals surface area contributed by atoms with Crippen molar-refractivity contribution >= 4 is 12.7 Å². The first kappa shape index (κ1) is 25.2. The Bertz CT molecular complexity index is 1120. The van der Waals surface area contributed by atoms with E-state index >= 15 is 0 Å². The van der Waals surface area contributed by atoms with Crippen LogP contribution >= 0.6 is 0 Å². The molecule has 0 amide bonds. The second kappa shape index (κ2) is 12.7. The van der Waals surface area contributed by atoms with Gasteiger partial charge in [0.15, 0.2) is 0 Å². The number of rotatable bonds is 8. The molecule has 3 rings (SSSR count). The van der Waals surface area contributed by atoms with Crippen LogP contribution in [-0.4, -0.2) is 7.11 Å². The predicted molar refractivity (Wildman–Crippen MR) is 141 cm³/mol. The van der Waals surface area contributed by atoms with Gasteiger partial charge in [-0.15, -0.1) is 0 Å². The highest BCUT2D eigenvalue weighted by Gasteiger charge is 2.10. The molecule has 0 fully saturated rings. The van der Waals surface area contributed by atoms with E-state index < -0.39 is 0 Å². The summed E-state index contributed by atoms with van der Waals surface area (Å²) in [7, 11) is 1.74. The fraction of sp³-hybridized carbons (Fsp3) is 0.290. The SMILES string of the molecule is C=C/C=c1/c(Cc2cc(Cc3ccccc3CC(C)C)ccc2OC)cccc1=C.CC. The first-order chi connectivity index (χ1) is 15.5. The third-order valence-electron chi connectivity index (χ3n) is 5.44. The summed E-state index contributed by atoms with van der Waals surface area (Å²) in [6.45, 7) is 16.6. The topological polar surface area (TPSA) is 9.23 Å². The summed E-state index contributed by atoms with van der Waals surface area (Å²) < 4.78 is 5.68. The van der Waals surface area contributed by atoms with E-state index in [0.29, 0.717) is 5.92 Å². The fourth-order valence-electron chi connectivity index (χ4n) is 4.03. The highest BCUT2D eigenvalue weighted by atomic mass is 16.5. The molecule has 0 heterocycles. The minimum Gasteiger partial charge on any atom is -0.496 e. The first-order valence-electron chi connectivity index (χ1n) is 11.6. The second-order valence-corrected chi connectivity index (χ2v) is 8.26. The van der Waals surface area contributed by atoms with Crippen LogP contribution in [0.2, 0.25) is 0 Å². The second-order valence-electron chi connectivity index (χ2n) is 8.26. The zero-order chi connectivity index (χ0) is 23.5. The lowest BCUT2D eigenvalue weighted by molar-refractivity contribution is 0.410. The van der Waals surface area contributed by atoms with Gasteiger partial charge in [-0.1, -0.05) is 108 Å². The van der Waals surface area contributed by atoms with E-state index in [1.165, 1.54) is 27.8 Å². The van der Waals surface area contributed by atoms with Gasteiger partial charge < -0.3 is 4.74 Å². The minimum atomic E-state index is 0.645. The van der Waals surface area contributed by atoms with Crippen LogP contribution in [0, 0.1) is 5.92 Å². The van der Waals surface area contributed by atoms with Gasteiger partial charge in [0.2, 0.25) is 0 Å². The van der Waals surface area contributed by atoms with E-state index in [9.17, 15) is 0 Å². The number of hydrogen-bond acceptors (Lipinski definition) is 1. The van der Waals surface area contributed by atoms with Crippen LogP contribution in [0.1, 0.15) is 55.5 Å². The molecule has 168 valence electrons. The molecule has 0 N–H and O–H groups in total. The van der Waals surface area contributed by atoms with Crippen molar-refractivity contribution in [3.63, 3.8) is 0 Å². The van der Waals surface area contributed by atoms with Crippen LogP contribution in [0.25, 0.3) is 12.7 Å². The van der Waals surface area contributed by atoms with Crippen LogP contribution in [0.5, 0.6) is 5.75 Å². The van der Waals surface area contributed by atoms with Crippen LogP contribution in [0.15, 0.2) is 73.3 Å². The van der Waals surface area contributed by atoms with Gasteiger partial charge in [0, 0.05) is 6.42 Å². The molecular formula is C31H38O. The summed E-state index contributed by atoms with van der Waals surface area (Å²) in [4.78, 5) is 0. The van der Waals surface area contributed by atoms with Gasteiger partial charge in [0.1, 0.15) is 5.75 Å². The number of benzene rings is 3. The van der Waals surface area contributed by atoms with Crippen molar-refractivity contribution in [1.29, 1.82) is 0 Å². The summed E-state index contributed by atoms with van der Waals surface area (Å²) in [6, 6.07) is 21.6. The molecule has 32 heavy (non-hydrogen) atoms. The molecule has 0 aliphatic heterocycles. The maximum absolute atomic E-state index is 5.68. The van der Waals surface area contributed by atoms with E-state index in [4.69, 9.17) is 4.74 Å². The van der Waals surface area contributed by atoms with Crippen LogP contribution < -0.4 is 15.2 Å². The van der Waals surface area contributed by atoms with Crippen LogP contribution in [0.3, 0.4) is 0 Å². The van der Waals surface area contributed by atoms with Gasteiger partial charge in [-0.05, 0) is 63.1 Å². The van der Waals surface area contributed by atoms with E-state index in [0.717, 1.165) is 35.4 Å². The highest BCUT2D eigenvalue weighted by Crippen LogP contribution is 2.25. The number of ether oxygens (including phenoxy) is 1. The van der Waals surface area contributed by atoms with Crippen molar-refractivity contribution in [2.45, 2.75) is 47.0 Å². The summed E-state index contributed by atoms with van der Waals surface area (Å²) in [5.41, 5.74) is 6.58. The van der Waals surface area contributed by atoms with Gasteiger partial charge in [-0.3, -0.25) is 0 Å². The van der Waals surface area contributed by atoms with E-state index in [1.807, 2.05) is 32.1 Å². The molecule has 0 aromatic heterocycles. The Hall–Kier alpha value is -3.06. The Morgan fingerprint density at radius 2 is 1.53 bits per heavy atom. The van der Waals surface area contributed by atoms with E-state index in [-0.39, 0.29) is 0 Å². The molecule has 3 aromatic carbocycles. The standard InChI is InChI=1S/C29H32O.C2H6/c1-6-10-28-22(4)11-9-14-26(28)20-27-19-23(15-16-29(27)30-5)18-25-13-8-7-12-24(25)17-21(2)3;1-2/h6-16,19,21H,1,4,17-18,20H2,2-3,5H3;1-2H3/b28-10+;. The van der Waals surface area contributed by atoms with E-state index in [2.05, 4.69) is 81.6 Å². The number of methoxy groups -OCH3 is 1. The van der Waals surface area contributed by atoms with Crippen molar-refractivity contribution in [2.75, 3.05) is 7.11 Å². The molecule has 0 saturated carbocycles. The van der Waals surface area contributed by atoms with Gasteiger partial charge in [-0.25, -0.2) is 0 Å². The third-order valence-corrected chi connectivity index (χ3v) is 5.44. The minimum absolute atomic E-state index is 0.645. The predicted octanol–water partition coefficient (Wildman–Crippen LogP) is 6.48. The molecule has 1 nitrogen and oxygen atoms in total. The molecule has 0 aliphatic rings. The number of hydrogen-bond donors (Lipinski definition) is 0. The van der Waals surface area contributed by atoms with Crippen molar-refractivity contribution < 1.29 is 4.74 Å². The normalized spacial score (nSPS) is 11.1. The lowest BCUT2D eigenvalue weighted by atomic mass is 9.92. The largest absolute Gasteiger partial charge is 0.496 e. The third kappa shape index (κ3) is 6.72. The van der Waals surface area contributed by atoms with Crippen molar-refractivity contribution in [3.8, 4) is 5.75 Å². The average molecular weight is 427 g/mol. The summed E-state index contributed by atoms with van der Waals surface area (Å²) in [6.07, 6.45) is 6.70. The zero-order valence-corrected chi connectivity index (χ0v) is 20.4. The molecule has 0 spiro atoms. The molecule has 0 bridgehead atoms. The van der Waals surface area contributed by atoms with Gasteiger partial charge in [-0.2, -0.15) is 0 Å². The van der Waals surface area contributed by atoms with Crippen molar-refractivity contribution in [2.24, 2.45) is 5.92 Å². The lowest BCUT2D eigenvalue weighted by Crippen LogP contribution is -2.27. The Morgan fingerprint density at radius 1 is 0.844 bits per heavy atom. The maximum Gasteiger partial charge on any atom is 0.122 e. The maximum atomic E-state index is 5.68. The Balaban J connectivity index is 0.00000176. The molecule has 0 unspecified atom stereocenters. The van der Waals surface area contributed by atoms with Crippen molar-refractivity contribution in [1.82, 2.24) is 0 Å². The summed E-state index contributed by atoms with van der Waals surface area (Å²) in [5, 5.41) is 2.16. The summed E-state index contributed by atoms with van der Waals surface area (Å²) >= 11 is 0. The Kier molecular flexibility index (Phi) is 10.0. The van der Waals surface area contributed by atoms with Gasteiger partial charge >= 0.3 is 0 Å². The van der Waals surface area contributed by atoms with Crippen LogP contribution in [0.4, 0.5) is 0 Å². The molecule has 0 radical (unpaired) electrons. The lowest BCUT2D eigenvalue weighted by Gasteiger charge is -2.14. The first-order valence-corrected chi connectivity index (χ1v) is 11.6.